The molecule has 1 aliphatic rings. The molecule has 1 aromatic heterocycles. The number of amides is 2. The maximum Gasteiger partial charge on any atom is 0.310 e. The molecular formula is C39H44N4O6. The SMILES string of the molecule is CCCCCCCOc1ccc(-c2cnc(-c3ccc(C[C@H](NC(=O)c4ccc(OCC)cc4)C(=O)N4CC(C(=O)O)C4)cc3)nc2)cc1. The van der Waals surface area contributed by atoms with Crippen LogP contribution in [-0.4, -0.2) is 70.1 Å². The van der Waals surface area contributed by atoms with Gasteiger partial charge in [-0.15, -0.1) is 0 Å². The Morgan fingerprint density at radius 1 is 0.796 bits per heavy atom. The number of carbonyl (C=O) groups is 3. The van der Waals surface area contributed by atoms with Gasteiger partial charge in [0.05, 0.1) is 19.1 Å². The number of nitrogens with zero attached hydrogens (tertiary/aromatic N) is 3. The molecule has 2 heterocycles. The summed E-state index contributed by atoms with van der Waals surface area (Å²) in [7, 11) is 0. The van der Waals surface area contributed by atoms with Crippen molar-refractivity contribution in [2.75, 3.05) is 26.3 Å². The van der Waals surface area contributed by atoms with Crippen LogP contribution >= 0.6 is 0 Å². The van der Waals surface area contributed by atoms with Crippen LogP contribution in [0.3, 0.4) is 0 Å². The number of benzene rings is 3. The molecule has 0 saturated carbocycles. The predicted octanol–water partition coefficient (Wildman–Crippen LogP) is 6.44. The second-order valence-electron chi connectivity index (χ2n) is 12.2. The van der Waals surface area contributed by atoms with Gasteiger partial charge in [0.25, 0.3) is 5.91 Å². The van der Waals surface area contributed by atoms with Crippen LogP contribution in [0.4, 0.5) is 0 Å². The Bertz CT molecular complexity index is 1670. The van der Waals surface area contributed by atoms with Gasteiger partial charge in [-0.05, 0) is 60.9 Å². The lowest BCUT2D eigenvalue weighted by Crippen LogP contribution is -2.59. The number of hydrogen-bond donors (Lipinski definition) is 2. The van der Waals surface area contributed by atoms with Gasteiger partial charge < -0.3 is 24.8 Å². The molecule has 1 aliphatic heterocycles. The molecule has 10 heteroatoms. The van der Waals surface area contributed by atoms with Gasteiger partial charge in [0.15, 0.2) is 5.82 Å². The number of carboxylic acid groups (broad SMARTS) is 1. The van der Waals surface area contributed by atoms with E-state index in [4.69, 9.17) is 9.47 Å². The monoisotopic (exact) mass is 664 g/mol. The number of ether oxygens (including phenoxy) is 2. The minimum atomic E-state index is -0.934. The molecule has 1 fully saturated rings. The summed E-state index contributed by atoms with van der Waals surface area (Å²) in [6.07, 6.45) is 9.83. The highest BCUT2D eigenvalue weighted by Gasteiger charge is 2.38. The standard InChI is InChI=1S/C39H44N4O6/c1-3-5-6-7-8-21-49-34-17-13-28(14-18-34)31-23-40-36(41-24-31)29-11-9-27(10-12-29)22-35(38(45)43-25-32(26-43)39(46)47)42-37(44)30-15-19-33(20-16-30)48-4-2/h9-20,23-24,32,35H,3-8,21-22,25-26H2,1-2H3,(H,42,44)(H,46,47)/t35-/m0/s1. The smallest absolute Gasteiger partial charge is 0.310 e. The molecule has 49 heavy (non-hydrogen) atoms. The molecule has 2 N–H and O–H groups in total. The van der Waals surface area contributed by atoms with Gasteiger partial charge in [-0.1, -0.05) is 69.0 Å². The van der Waals surface area contributed by atoms with Gasteiger partial charge in [-0.3, -0.25) is 14.4 Å². The molecule has 3 aromatic carbocycles. The largest absolute Gasteiger partial charge is 0.494 e. The normalized spacial score (nSPS) is 13.3. The van der Waals surface area contributed by atoms with Gasteiger partial charge >= 0.3 is 5.97 Å². The molecule has 1 saturated heterocycles. The molecule has 0 unspecified atom stereocenters. The fraction of sp³-hybridized carbons (Fsp3) is 0.359. The van der Waals surface area contributed by atoms with E-state index in [1.54, 1.807) is 36.7 Å². The molecule has 0 bridgehead atoms. The van der Waals surface area contributed by atoms with E-state index < -0.39 is 23.8 Å². The zero-order chi connectivity index (χ0) is 34.6. The first kappa shape index (κ1) is 35.1. The number of aromatic nitrogens is 2. The average Bonchev–Trinajstić information content (AvgIpc) is 3.10. The van der Waals surface area contributed by atoms with Crippen molar-refractivity contribution < 1.29 is 29.0 Å². The van der Waals surface area contributed by atoms with Crippen LogP contribution in [0.5, 0.6) is 11.5 Å². The summed E-state index contributed by atoms with van der Waals surface area (Å²) in [5, 5.41) is 12.1. The summed E-state index contributed by atoms with van der Waals surface area (Å²) >= 11 is 0. The van der Waals surface area contributed by atoms with Gasteiger partial charge in [-0.25, -0.2) is 9.97 Å². The maximum atomic E-state index is 13.4. The molecule has 1 atom stereocenters. The van der Waals surface area contributed by atoms with Crippen molar-refractivity contribution in [2.45, 2.75) is 58.4 Å². The lowest BCUT2D eigenvalue weighted by molar-refractivity contribution is -0.153. The Morgan fingerprint density at radius 3 is 2.04 bits per heavy atom. The summed E-state index contributed by atoms with van der Waals surface area (Å²) in [6, 6.07) is 21.3. The summed E-state index contributed by atoms with van der Waals surface area (Å²) in [6.45, 7) is 5.56. The van der Waals surface area contributed by atoms with Gasteiger partial charge in [0.2, 0.25) is 5.91 Å². The van der Waals surface area contributed by atoms with Crippen molar-refractivity contribution in [3.8, 4) is 34.0 Å². The average molecular weight is 665 g/mol. The number of nitrogens with one attached hydrogen (secondary N) is 1. The van der Waals surface area contributed by atoms with Crippen LogP contribution in [0.25, 0.3) is 22.5 Å². The highest BCUT2D eigenvalue weighted by Crippen LogP contribution is 2.24. The molecule has 0 spiro atoms. The summed E-state index contributed by atoms with van der Waals surface area (Å²) in [4.78, 5) is 48.6. The zero-order valence-electron chi connectivity index (χ0n) is 28.1. The van der Waals surface area contributed by atoms with Crippen molar-refractivity contribution >= 4 is 17.8 Å². The molecular weight excluding hydrogens is 620 g/mol. The van der Waals surface area contributed by atoms with E-state index in [2.05, 4.69) is 22.2 Å². The van der Waals surface area contributed by atoms with Crippen molar-refractivity contribution in [1.82, 2.24) is 20.2 Å². The molecule has 4 aromatic rings. The van der Waals surface area contributed by atoms with Crippen LogP contribution in [0, 0.1) is 5.92 Å². The number of likely N-dealkylation sites (tertiary alicyclic amines) is 1. The van der Waals surface area contributed by atoms with E-state index in [0.717, 1.165) is 41.0 Å². The Balaban J connectivity index is 1.21. The molecule has 0 radical (unpaired) electrons. The van der Waals surface area contributed by atoms with E-state index in [-0.39, 0.29) is 25.4 Å². The topological polar surface area (TPSA) is 131 Å². The summed E-state index contributed by atoms with van der Waals surface area (Å²) in [5.74, 6) is -0.186. The first-order valence-corrected chi connectivity index (χ1v) is 17.0. The Labute approximate surface area is 287 Å². The Morgan fingerprint density at radius 2 is 1.41 bits per heavy atom. The van der Waals surface area contributed by atoms with Crippen LogP contribution in [-0.2, 0) is 16.0 Å². The number of unbranched alkanes of at least 4 members (excludes halogenated alkanes) is 4. The molecule has 10 nitrogen and oxygen atoms in total. The highest BCUT2D eigenvalue weighted by molar-refractivity contribution is 5.98. The van der Waals surface area contributed by atoms with Crippen LogP contribution < -0.4 is 14.8 Å². The second kappa shape index (κ2) is 17.2. The van der Waals surface area contributed by atoms with Gasteiger partial charge in [-0.2, -0.15) is 0 Å². The molecule has 5 rings (SSSR count). The van der Waals surface area contributed by atoms with Crippen LogP contribution in [0.15, 0.2) is 85.2 Å². The lowest BCUT2D eigenvalue weighted by Gasteiger charge is -2.39. The number of carbonyl (C=O) groups excluding carboxylic acids is 2. The number of hydrogen-bond acceptors (Lipinski definition) is 7. The third-order valence-electron chi connectivity index (χ3n) is 8.58. The minimum Gasteiger partial charge on any atom is -0.494 e. The number of rotatable bonds is 17. The fourth-order valence-electron chi connectivity index (χ4n) is 5.64. The van der Waals surface area contributed by atoms with Crippen molar-refractivity contribution in [3.63, 3.8) is 0 Å². The first-order valence-electron chi connectivity index (χ1n) is 17.0. The quantitative estimate of drug-likeness (QED) is 0.123. The number of carboxylic acids is 1. The lowest BCUT2D eigenvalue weighted by atomic mass is 9.96. The molecule has 0 aliphatic carbocycles. The highest BCUT2D eigenvalue weighted by atomic mass is 16.5. The zero-order valence-corrected chi connectivity index (χ0v) is 28.1. The minimum absolute atomic E-state index is 0.118. The van der Waals surface area contributed by atoms with Crippen molar-refractivity contribution in [2.24, 2.45) is 5.92 Å². The third kappa shape index (κ3) is 9.65. The van der Waals surface area contributed by atoms with Crippen molar-refractivity contribution in [1.29, 1.82) is 0 Å². The first-order chi connectivity index (χ1) is 23.8. The Kier molecular flexibility index (Phi) is 12.3. The fourth-order valence-corrected chi connectivity index (χ4v) is 5.64. The second-order valence-corrected chi connectivity index (χ2v) is 12.2. The predicted molar refractivity (Wildman–Crippen MR) is 187 cm³/mol. The van der Waals surface area contributed by atoms with E-state index in [1.807, 2.05) is 55.5 Å². The Hall–Kier alpha value is -5.25. The van der Waals surface area contributed by atoms with E-state index in [9.17, 15) is 19.5 Å². The van der Waals surface area contributed by atoms with E-state index in [1.165, 1.54) is 30.6 Å². The van der Waals surface area contributed by atoms with Crippen LogP contribution in [0.2, 0.25) is 0 Å². The maximum absolute atomic E-state index is 13.4. The molecule has 2 amide bonds. The number of aliphatic carboxylic acids is 1. The van der Waals surface area contributed by atoms with E-state index >= 15 is 0 Å². The third-order valence-corrected chi connectivity index (χ3v) is 8.58. The van der Waals surface area contributed by atoms with Gasteiger partial charge in [0.1, 0.15) is 17.5 Å². The summed E-state index contributed by atoms with van der Waals surface area (Å²) < 4.78 is 11.3. The van der Waals surface area contributed by atoms with Crippen LogP contribution in [0.1, 0.15) is 61.9 Å². The van der Waals surface area contributed by atoms with E-state index in [0.29, 0.717) is 23.7 Å². The van der Waals surface area contributed by atoms with Crippen molar-refractivity contribution in [3.05, 3.63) is 96.3 Å². The molecule has 256 valence electrons. The summed E-state index contributed by atoms with van der Waals surface area (Å²) in [5.41, 5.74) is 3.92. The van der Waals surface area contributed by atoms with Gasteiger partial charge in [0, 0.05) is 48.6 Å².